The lowest BCUT2D eigenvalue weighted by Gasteiger charge is -2.09. The van der Waals surface area contributed by atoms with Gasteiger partial charge in [-0.05, 0) is 55.3 Å². The number of rotatable bonds is 5. The first-order valence-electron chi connectivity index (χ1n) is 7.86. The third-order valence-corrected chi connectivity index (χ3v) is 4.76. The average Bonchev–Trinajstić information content (AvgIpc) is 3.05. The number of benzene rings is 2. The number of aryl methyl sites for hydroxylation is 1. The van der Waals surface area contributed by atoms with Crippen molar-refractivity contribution in [2.75, 3.05) is 10.6 Å². The number of nitrogens with one attached hydrogen (secondary N) is 2. The Balaban J connectivity index is 1.55. The van der Waals surface area contributed by atoms with Crippen molar-refractivity contribution in [3.05, 3.63) is 63.6 Å². The summed E-state index contributed by atoms with van der Waals surface area (Å²) in [5.41, 5.74) is 2.90. The van der Waals surface area contributed by atoms with Gasteiger partial charge < -0.3 is 10.1 Å². The number of ether oxygens (including phenoxy) is 1. The topological polar surface area (TPSA) is 76.1 Å². The highest BCUT2D eigenvalue weighted by molar-refractivity contribution is 7.15. The number of aromatic nitrogens is 2. The second-order valence-corrected chi connectivity index (χ2v) is 7.07. The van der Waals surface area contributed by atoms with Gasteiger partial charge in [-0.25, -0.2) is 4.79 Å². The molecule has 8 heteroatoms. The Hall–Kier alpha value is -2.64. The Kier molecular flexibility index (Phi) is 5.70. The van der Waals surface area contributed by atoms with E-state index in [1.807, 2.05) is 32.0 Å². The molecule has 0 unspecified atom stereocenters. The van der Waals surface area contributed by atoms with Crippen LogP contribution in [0.1, 0.15) is 16.1 Å². The van der Waals surface area contributed by atoms with Gasteiger partial charge in [-0.1, -0.05) is 35.1 Å². The number of urea groups is 1. The third-order valence-electron chi connectivity index (χ3n) is 3.70. The fourth-order valence-corrected chi connectivity index (χ4v) is 2.95. The van der Waals surface area contributed by atoms with E-state index in [0.29, 0.717) is 27.5 Å². The van der Waals surface area contributed by atoms with E-state index in [2.05, 4.69) is 20.8 Å². The number of carbonyl (C=O) groups is 1. The number of nitrogens with zero attached hydrogens (tertiary/aromatic N) is 2. The maximum atomic E-state index is 12.0. The van der Waals surface area contributed by atoms with Crippen LogP contribution in [0.4, 0.5) is 15.6 Å². The zero-order valence-corrected chi connectivity index (χ0v) is 15.8. The molecular weight excluding hydrogens is 372 g/mol. The first kappa shape index (κ1) is 18.2. The van der Waals surface area contributed by atoms with Crippen LogP contribution in [-0.2, 0) is 6.61 Å². The molecule has 0 atom stereocenters. The molecule has 0 aliphatic carbocycles. The molecule has 134 valence electrons. The van der Waals surface area contributed by atoms with Gasteiger partial charge in [0.25, 0.3) is 0 Å². The summed E-state index contributed by atoms with van der Waals surface area (Å²) in [6, 6.07) is 12.3. The van der Waals surface area contributed by atoms with E-state index in [9.17, 15) is 4.79 Å². The second-order valence-electron chi connectivity index (χ2n) is 5.57. The normalized spacial score (nSPS) is 10.4. The van der Waals surface area contributed by atoms with Gasteiger partial charge in [-0.15, -0.1) is 10.2 Å². The summed E-state index contributed by atoms with van der Waals surface area (Å²) < 4.78 is 5.80. The number of anilines is 2. The molecule has 0 aliphatic rings. The molecule has 6 nitrogen and oxygen atoms in total. The first-order valence-corrected chi connectivity index (χ1v) is 9.05. The van der Waals surface area contributed by atoms with Gasteiger partial charge in [0, 0.05) is 10.7 Å². The van der Waals surface area contributed by atoms with Crippen molar-refractivity contribution >= 4 is 39.8 Å². The van der Waals surface area contributed by atoms with E-state index in [1.165, 1.54) is 16.9 Å². The second kappa shape index (κ2) is 8.16. The highest BCUT2D eigenvalue weighted by Gasteiger charge is 2.10. The van der Waals surface area contributed by atoms with E-state index in [-0.39, 0.29) is 0 Å². The Morgan fingerprint density at radius 2 is 1.88 bits per heavy atom. The summed E-state index contributed by atoms with van der Waals surface area (Å²) in [7, 11) is 0. The molecule has 1 aromatic heterocycles. The van der Waals surface area contributed by atoms with Crippen molar-refractivity contribution in [3.63, 3.8) is 0 Å². The molecule has 2 N–H and O–H groups in total. The molecule has 2 aromatic carbocycles. The summed E-state index contributed by atoms with van der Waals surface area (Å²) in [6.07, 6.45) is 0. The zero-order valence-electron chi connectivity index (χ0n) is 14.2. The maximum Gasteiger partial charge on any atom is 0.325 e. The van der Waals surface area contributed by atoms with Crippen LogP contribution in [0.2, 0.25) is 5.02 Å². The van der Waals surface area contributed by atoms with E-state index < -0.39 is 6.03 Å². The van der Waals surface area contributed by atoms with Crippen LogP contribution in [0.5, 0.6) is 5.75 Å². The minimum Gasteiger partial charge on any atom is -0.486 e. The van der Waals surface area contributed by atoms with Crippen molar-refractivity contribution in [1.29, 1.82) is 0 Å². The van der Waals surface area contributed by atoms with Gasteiger partial charge in [0.15, 0.2) is 5.01 Å². The number of carbonyl (C=O) groups excluding carboxylic acids is 1. The quantitative estimate of drug-likeness (QED) is 0.642. The summed E-state index contributed by atoms with van der Waals surface area (Å²) in [4.78, 5) is 12.0. The Morgan fingerprint density at radius 1 is 1.12 bits per heavy atom. The van der Waals surface area contributed by atoms with Crippen LogP contribution in [0, 0.1) is 13.8 Å². The van der Waals surface area contributed by atoms with Crippen molar-refractivity contribution in [2.45, 2.75) is 20.5 Å². The van der Waals surface area contributed by atoms with Gasteiger partial charge in [-0.2, -0.15) is 0 Å². The van der Waals surface area contributed by atoms with E-state index in [4.69, 9.17) is 16.3 Å². The molecule has 26 heavy (non-hydrogen) atoms. The van der Waals surface area contributed by atoms with Crippen molar-refractivity contribution in [1.82, 2.24) is 10.2 Å². The zero-order chi connectivity index (χ0) is 18.5. The number of hydrogen-bond acceptors (Lipinski definition) is 5. The van der Waals surface area contributed by atoms with E-state index >= 15 is 0 Å². The average molecular weight is 389 g/mol. The van der Waals surface area contributed by atoms with E-state index in [0.717, 1.165) is 11.3 Å². The van der Waals surface area contributed by atoms with Gasteiger partial charge in [-0.3, -0.25) is 5.32 Å². The van der Waals surface area contributed by atoms with Gasteiger partial charge in [0.2, 0.25) is 5.13 Å². The summed E-state index contributed by atoms with van der Waals surface area (Å²) in [6.45, 7) is 4.34. The van der Waals surface area contributed by atoms with Crippen LogP contribution in [0.15, 0.2) is 42.5 Å². The minimum atomic E-state index is -0.398. The Labute approximate surface area is 160 Å². The van der Waals surface area contributed by atoms with Crippen LogP contribution in [0.25, 0.3) is 0 Å². The first-order chi connectivity index (χ1) is 12.5. The molecule has 0 saturated heterocycles. The summed E-state index contributed by atoms with van der Waals surface area (Å²) >= 11 is 7.08. The van der Waals surface area contributed by atoms with Gasteiger partial charge >= 0.3 is 6.03 Å². The molecule has 0 aliphatic heterocycles. The predicted molar refractivity (Wildman–Crippen MR) is 104 cm³/mol. The largest absolute Gasteiger partial charge is 0.486 e. The van der Waals surface area contributed by atoms with Crippen LogP contribution in [-0.4, -0.2) is 16.2 Å². The van der Waals surface area contributed by atoms with Crippen LogP contribution < -0.4 is 15.4 Å². The van der Waals surface area contributed by atoms with Crippen molar-refractivity contribution < 1.29 is 9.53 Å². The highest BCUT2D eigenvalue weighted by atomic mass is 35.5. The maximum absolute atomic E-state index is 12.0. The molecule has 0 saturated carbocycles. The minimum absolute atomic E-state index is 0.294. The predicted octanol–water partition coefficient (Wildman–Crippen LogP) is 5.03. The molecule has 0 spiro atoms. The molecule has 3 rings (SSSR count). The standard InChI is InChI=1S/C18H17ClN4O2S/c1-11-4-3-5-15(12(11)2)25-10-16-22-23-18(26-16)21-17(24)20-14-8-6-13(19)7-9-14/h3-9H,10H2,1-2H3,(H2,20,21,23,24). The Morgan fingerprint density at radius 3 is 2.65 bits per heavy atom. The molecule has 1 heterocycles. The molecule has 0 bridgehead atoms. The molecular formula is C18H17ClN4O2S. The SMILES string of the molecule is Cc1cccc(OCc2nnc(NC(=O)Nc3ccc(Cl)cc3)s2)c1C. The number of amides is 2. The molecule has 0 radical (unpaired) electrons. The smallest absolute Gasteiger partial charge is 0.325 e. The molecule has 3 aromatic rings. The monoisotopic (exact) mass is 388 g/mol. The van der Waals surface area contributed by atoms with Crippen LogP contribution in [0.3, 0.4) is 0 Å². The summed E-state index contributed by atoms with van der Waals surface area (Å²) in [5.74, 6) is 0.815. The lowest BCUT2D eigenvalue weighted by molar-refractivity contribution is 0.262. The fraction of sp³-hybridized carbons (Fsp3) is 0.167. The van der Waals surface area contributed by atoms with Gasteiger partial charge in [0.05, 0.1) is 0 Å². The summed E-state index contributed by atoms with van der Waals surface area (Å²) in [5, 5.41) is 15.0. The number of halogens is 1. The van der Waals surface area contributed by atoms with Crippen molar-refractivity contribution in [3.8, 4) is 5.75 Å². The van der Waals surface area contributed by atoms with E-state index in [1.54, 1.807) is 24.3 Å². The van der Waals surface area contributed by atoms with Gasteiger partial charge in [0.1, 0.15) is 12.4 Å². The lowest BCUT2D eigenvalue weighted by Crippen LogP contribution is -2.19. The Bertz CT molecular complexity index is 912. The number of hydrogen-bond donors (Lipinski definition) is 2. The highest BCUT2D eigenvalue weighted by Crippen LogP contribution is 2.23. The van der Waals surface area contributed by atoms with Crippen LogP contribution >= 0.6 is 22.9 Å². The lowest BCUT2D eigenvalue weighted by atomic mass is 10.1. The fourth-order valence-electron chi connectivity index (χ4n) is 2.18. The molecule has 2 amide bonds. The van der Waals surface area contributed by atoms with Crippen molar-refractivity contribution in [2.24, 2.45) is 0 Å². The third kappa shape index (κ3) is 4.71. The molecule has 0 fully saturated rings.